The van der Waals surface area contributed by atoms with Crippen molar-refractivity contribution in [2.24, 2.45) is 16.2 Å². The zero-order chi connectivity index (χ0) is 28.7. The van der Waals surface area contributed by atoms with Crippen LogP contribution in [0.3, 0.4) is 0 Å². The molecular formula is C31H36O7. The summed E-state index contributed by atoms with van der Waals surface area (Å²) in [6, 6.07) is 1.82. The molecule has 4 rings (SSSR count). The Balaban J connectivity index is 2.06. The van der Waals surface area contributed by atoms with Gasteiger partial charge in [-0.05, 0) is 63.6 Å². The van der Waals surface area contributed by atoms with Crippen LogP contribution >= 0.6 is 0 Å². The first-order chi connectivity index (χ1) is 17.3. The van der Waals surface area contributed by atoms with Crippen molar-refractivity contribution in [1.29, 1.82) is 0 Å². The molecule has 0 heterocycles. The summed E-state index contributed by atoms with van der Waals surface area (Å²) in [4.78, 5) is 39.1. The molecule has 1 aromatic carbocycles. The molecule has 202 valence electrons. The molecule has 0 saturated heterocycles. The topological polar surface area (TPSA) is 132 Å². The van der Waals surface area contributed by atoms with Crippen LogP contribution in [-0.4, -0.2) is 43.4 Å². The van der Waals surface area contributed by atoms with Gasteiger partial charge in [-0.1, -0.05) is 39.5 Å². The smallest absolute Gasteiger partial charge is 0.203 e. The van der Waals surface area contributed by atoms with Crippen molar-refractivity contribution in [2.75, 3.05) is 0 Å². The van der Waals surface area contributed by atoms with Gasteiger partial charge in [0.1, 0.15) is 22.8 Å². The number of hydrogen-bond acceptors (Lipinski definition) is 7. The normalized spacial score (nSPS) is 29.0. The predicted molar refractivity (Wildman–Crippen MR) is 143 cm³/mol. The highest BCUT2D eigenvalue weighted by Crippen LogP contribution is 2.63. The zero-order valence-electron chi connectivity index (χ0n) is 23.3. The monoisotopic (exact) mass is 520 g/mol. The van der Waals surface area contributed by atoms with Gasteiger partial charge >= 0.3 is 0 Å². The summed E-state index contributed by atoms with van der Waals surface area (Å²) in [6.45, 7) is 14.2. The Bertz CT molecular complexity index is 1440. The number of carbonyl (C=O) groups excluding carboxylic acids is 3. The van der Waals surface area contributed by atoms with Crippen molar-refractivity contribution in [1.82, 2.24) is 0 Å². The second-order valence-electron chi connectivity index (χ2n) is 13.0. The Morgan fingerprint density at radius 2 is 1.68 bits per heavy atom. The largest absolute Gasteiger partial charge is 0.508 e. The Morgan fingerprint density at radius 3 is 2.21 bits per heavy atom. The summed E-state index contributed by atoms with van der Waals surface area (Å²) >= 11 is 0. The fraction of sp³-hybridized carbons (Fsp3) is 0.516. The van der Waals surface area contributed by atoms with Crippen LogP contribution in [0.2, 0.25) is 0 Å². The van der Waals surface area contributed by atoms with E-state index >= 15 is 0 Å². The van der Waals surface area contributed by atoms with Crippen molar-refractivity contribution in [3.8, 4) is 17.6 Å². The quantitative estimate of drug-likeness (QED) is 0.324. The minimum atomic E-state index is -2.58. The minimum Gasteiger partial charge on any atom is -0.508 e. The van der Waals surface area contributed by atoms with E-state index in [2.05, 4.69) is 11.8 Å². The van der Waals surface area contributed by atoms with E-state index in [9.17, 15) is 34.8 Å². The summed E-state index contributed by atoms with van der Waals surface area (Å²) in [5.41, 5.74) is -4.15. The van der Waals surface area contributed by atoms with E-state index in [-0.39, 0.29) is 47.5 Å². The first kappa shape index (κ1) is 27.7. The minimum absolute atomic E-state index is 0.00524. The molecule has 4 N–H and O–H groups in total. The average Bonchev–Trinajstić information content (AvgIpc) is 2.74. The second-order valence-corrected chi connectivity index (χ2v) is 13.0. The molecule has 0 aliphatic heterocycles. The van der Waals surface area contributed by atoms with Crippen LogP contribution in [-0.2, 0) is 20.8 Å². The number of hydrogen-bond donors (Lipinski definition) is 4. The van der Waals surface area contributed by atoms with Crippen molar-refractivity contribution < 1.29 is 34.8 Å². The lowest BCUT2D eigenvalue weighted by Gasteiger charge is -2.56. The number of aliphatic hydroxyl groups is 3. The van der Waals surface area contributed by atoms with Crippen LogP contribution < -0.4 is 0 Å². The summed E-state index contributed by atoms with van der Waals surface area (Å²) < 4.78 is 0. The molecule has 1 fully saturated rings. The van der Waals surface area contributed by atoms with E-state index in [0.717, 1.165) is 12.5 Å². The number of ketones is 3. The Hall–Kier alpha value is -3.37. The van der Waals surface area contributed by atoms with E-state index < -0.39 is 50.9 Å². The highest BCUT2D eigenvalue weighted by atomic mass is 16.3. The third-order valence-electron chi connectivity index (χ3n) is 8.25. The highest BCUT2D eigenvalue weighted by molar-refractivity contribution is 6.23. The van der Waals surface area contributed by atoms with E-state index in [1.54, 1.807) is 13.8 Å². The number of Topliss-reactive ketones (excluding diaryl/α,β-unsaturated/α-hetero) is 3. The highest BCUT2D eigenvalue weighted by Gasteiger charge is 2.68. The molecule has 3 atom stereocenters. The maximum atomic E-state index is 14.1. The molecule has 7 nitrogen and oxygen atoms in total. The third kappa shape index (κ3) is 3.72. The third-order valence-corrected chi connectivity index (χ3v) is 8.25. The van der Waals surface area contributed by atoms with Gasteiger partial charge in [0.05, 0.1) is 11.1 Å². The lowest BCUT2D eigenvalue weighted by Crippen LogP contribution is -2.65. The number of phenols is 1. The van der Waals surface area contributed by atoms with E-state index in [0.29, 0.717) is 11.1 Å². The number of aromatic hydroxyl groups is 1. The second kappa shape index (κ2) is 8.31. The first-order valence-corrected chi connectivity index (χ1v) is 12.9. The van der Waals surface area contributed by atoms with Crippen molar-refractivity contribution in [3.63, 3.8) is 0 Å². The first-order valence-electron chi connectivity index (χ1n) is 12.9. The van der Waals surface area contributed by atoms with E-state index in [4.69, 9.17) is 0 Å². The molecule has 3 aliphatic carbocycles. The Labute approximate surface area is 223 Å². The molecule has 0 amide bonds. The molecule has 0 unspecified atom stereocenters. The fourth-order valence-electron chi connectivity index (χ4n) is 6.61. The van der Waals surface area contributed by atoms with Crippen LogP contribution in [0.1, 0.15) is 96.4 Å². The molecule has 7 heteroatoms. The van der Waals surface area contributed by atoms with Crippen LogP contribution in [0.15, 0.2) is 23.0 Å². The number of fused-ring (bicyclic) bond motifs is 3. The number of allylic oxidation sites excluding steroid dienone is 1. The summed E-state index contributed by atoms with van der Waals surface area (Å²) in [6.07, 6.45) is 0.0195. The van der Waals surface area contributed by atoms with Gasteiger partial charge in [-0.25, -0.2) is 0 Å². The number of phenolic OH excluding ortho intramolecular Hbond substituents is 1. The predicted octanol–water partition coefficient (Wildman–Crippen LogP) is 4.83. The van der Waals surface area contributed by atoms with Crippen LogP contribution in [0, 0.1) is 28.1 Å². The van der Waals surface area contributed by atoms with Crippen molar-refractivity contribution >= 4 is 23.1 Å². The molecule has 1 saturated carbocycles. The molecule has 1 aromatic rings. The van der Waals surface area contributed by atoms with Crippen LogP contribution in [0.5, 0.6) is 5.75 Å². The van der Waals surface area contributed by atoms with E-state index in [1.807, 2.05) is 40.7 Å². The van der Waals surface area contributed by atoms with Gasteiger partial charge < -0.3 is 20.4 Å². The maximum absolute atomic E-state index is 14.1. The molecule has 38 heavy (non-hydrogen) atoms. The Kier molecular flexibility index (Phi) is 6.05. The molecule has 3 aliphatic rings. The van der Waals surface area contributed by atoms with Gasteiger partial charge in [0, 0.05) is 28.2 Å². The van der Waals surface area contributed by atoms with Crippen molar-refractivity contribution in [2.45, 2.75) is 86.2 Å². The van der Waals surface area contributed by atoms with Crippen molar-refractivity contribution in [3.05, 3.63) is 45.2 Å². The molecule has 0 aromatic heterocycles. The van der Waals surface area contributed by atoms with Crippen LogP contribution in [0.4, 0.5) is 0 Å². The zero-order valence-corrected chi connectivity index (χ0v) is 23.3. The maximum Gasteiger partial charge on any atom is 0.203 e. The van der Waals surface area contributed by atoms with Gasteiger partial charge in [-0.2, -0.15) is 0 Å². The SMILES string of the molecule is CC(=O)C1=C(O)[C@]2(O)C(=O)C3=C(O)c4c(O)c(C#CC(C)(C)C)cc(C(C)C)c4C[C@]3(C)C[C@]2(C)CC1=O. The van der Waals surface area contributed by atoms with Gasteiger partial charge in [0.15, 0.2) is 17.2 Å². The van der Waals surface area contributed by atoms with Gasteiger partial charge in [-0.15, -0.1) is 0 Å². The summed E-state index contributed by atoms with van der Waals surface area (Å²) in [5, 5.41) is 45.7. The van der Waals surface area contributed by atoms with Gasteiger partial charge in [-0.3, -0.25) is 14.4 Å². The van der Waals surface area contributed by atoms with Gasteiger partial charge in [0.25, 0.3) is 0 Å². The molecule has 0 radical (unpaired) electrons. The number of rotatable bonds is 2. The number of benzene rings is 1. The lowest BCUT2D eigenvalue weighted by atomic mass is 9.47. The average molecular weight is 521 g/mol. The number of carbonyl (C=O) groups is 3. The fourth-order valence-corrected chi connectivity index (χ4v) is 6.61. The summed E-state index contributed by atoms with van der Waals surface area (Å²) in [7, 11) is 0. The Morgan fingerprint density at radius 1 is 1.08 bits per heavy atom. The molecule has 0 spiro atoms. The lowest BCUT2D eigenvalue weighted by molar-refractivity contribution is -0.164. The molecular weight excluding hydrogens is 484 g/mol. The van der Waals surface area contributed by atoms with Crippen LogP contribution in [0.25, 0.3) is 5.76 Å². The van der Waals surface area contributed by atoms with E-state index in [1.165, 1.54) is 0 Å². The van der Waals surface area contributed by atoms with Gasteiger partial charge in [0.2, 0.25) is 5.78 Å². The number of aliphatic hydroxyl groups excluding tert-OH is 2. The summed E-state index contributed by atoms with van der Waals surface area (Å²) in [5.74, 6) is 2.04. The standard InChI is InChI=1S/C31H36O7/c1-15(2)18-11-17(9-10-28(4,5)6)24(34)22-19(18)12-29(7)14-30(8)13-20(33)21(16(3)32)26(36)31(30,38)27(37)23(29)25(22)35/h11,15,34-36,38H,12-14H2,1-8H3/t29-,30+,31+/m1/s1. The molecule has 0 bridgehead atoms.